The van der Waals surface area contributed by atoms with Crippen LogP contribution in [0.15, 0.2) is 12.4 Å². The van der Waals surface area contributed by atoms with Crippen LogP contribution < -0.4 is 5.73 Å². The third-order valence-electron chi connectivity index (χ3n) is 1.71. The van der Waals surface area contributed by atoms with Crippen LogP contribution in [0.25, 0.3) is 10.9 Å². The standard InChI is InChI=1S/C7H8N4.C2H6/c1-4-2-9-7(8)5-3-10-11-6(4)5;1-2/h2-3H,1H3,(H2,8,9)(H,10,11);1-2H3. The minimum Gasteiger partial charge on any atom is -0.383 e. The Morgan fingerprint density at radius 1 is 1.31 bits per heavy atom. The predicted octanol–water partition coefficient (Wildman–Crippen LogP) is 1.87. The normalized spacial score (nSPS) is 9.46. The molecule has 3 N–H and O–H groups in total. The second kappa shape index (κ2) is 3.89. The van der Waals surface area contributed by atoms with Crippen molar-refractivity contribution in [2.75, 3.05) is 5.73 Å². The summed E-state index contributed by atoms with van der Waals surface area (Å²) in [4.78, 5) is 4.00. The zero-order chi connectivity index (χ0) is 9.84. The summed E-state index contributed by atoms with van der Waals surface area (Å²) in [6.07, 6.45) is 3.42. The van der Waals surface area contributed by atoms with E-state index >= 15 is 0 Å². The van der Waals surface area contributed by atoms with Crippen LogP contribution in [0.5, 0.6) is 0 Å². The molecule has 2 rings (SSSR count). The fraction of sp³-hybridized carbons (Fsp3) is 0.333. The summed E-state index contributed by atoms with van der Waals surface area (Å²) in [5, 5.41) is 7.63. The van der Waals surface area contributed by atoms with Gasteiger partial charge in [0.05, 0.1) is 17.1 Å². The molecule has 70 valence electrons. The van der Waals surface area contributed by atoms with Crippen molar-refractivity contribution in [1.82, 2.24) is 15.2 Å². The molecule has 0 amide bonds. The van der Waals surface area contributed by atoms with Gasteiger partial charge in [-0.25, -0.2) is 4.98 Å². The minimum atomic E-state index is 0.527. The van der Waals surface area contributed by atoms with E-state index in [0.29, 0.717) is 5.82 Å². The molecule has 13 heavy (non-hydrogen) atoms. The Labute approximate surface area is 77.2 Å². The fourth-order valence-electron chi connectivity index (χ4n) is 1.08. The van der Waals surface area contributed by atoms with Crippen molar-refractivity contribution in [3.8, 4) is 0 Å². The Hall–Kier alpha value is -1.58. The lowest BCUT2D eigenvalue weighted by Gasteiger charge is -1.95. The number of aryl methyl sites for hydroxylation is 1. The molecule has 0 radical (unpaired) electrons. The number of H-pyrrole nitrogens is 1. The molecule has 4 nitrogen and oxygen atoms in total. The maximum atomic E-state index is 5.60. The van der Waals surface area contributed by atoms with Crippen molar-refractivity contribution < 1.29 is 0 Å². The monoisotopic (exact) mass is 178 g/mol. The Bertz CT molecular complexity index is 355. The van der Waals surface area contributed by atoms with Crippen LogP contribution in [0.3, 0.4) is 0 Å². The Balaban J connectivity index is 0.000000396. The lowest BCUT2D eigenvalue weighted by Crippen LogP contribution is -1.90. The summed E-state index contributed by atoms with van der Waals surface area (Å²) >= 11 is 0. The third kappa shape index (κ3) is 1.61. The van der Waals surface area contributed by atoms with Crippen LogP contribution in [0, 0.1) is 6.92 Å². The van der Waals surface area contributed by atoms with Crippen molar-refractivity contribution in [3.63, 3.8) is 0 Å². The van der Waals surface area contributed by atoms with E-state index in [-0.39, 0.29) is 0 Å². The Morgan fingerprint density at radius 3 is 2.62 bits per heavy atom. The molecule has 0 aliphatic carbocycles. The summed E-state index contributed by atoms with van der Waals surface area (Å²) in [6, 6.07) is 0. The number of aromatic amines is 1. The highest BCUT2D eigenvalue weighted by Crippen LogP contribution is 2.18. The number of rotatable bonds is 0. The Morgan fingerprint density at radius 2 is 2.00 bits per heavy atom. The second-order valence-corrected chi connectivity index (χ2v) is 2.49. The van der Waals surface area contributed by atoms with Gasteiger partial charge in [-0.2, -0.15) is 5.10 Å². The maximum Gasteiger partial charge on any atom is 0.134 e. The van der Waals surface area contributed by atoms with Gasteiger partial charge >= 0.3 is 0 Å². The van der Waals surface area contributed by atoms with Crippen LogP contribution in [-0.4, -0.2) is 15.2 Å². The molecule has 0 aliphatic rings. The number of nitrogen functional groups attached to an aromatic ring is 1. The molecule has 0 spiro atoms. The topological polar surface area (TPSA) is 67.6 Å². The first-order valence-corrected chi connectivity index (χ1v) is 4.33. The molecule has 0 saturated carbocycles. The van der Waals surface area contributed by atoms with Gasteiger partial charge in [0.25, 0.3) is 0 Å². The SMILES string of the molecule is CC.Cc1cnc(N)c2cn[nH]c12. The lowest BCUT2D eigenvalue weighted by molar-refractivity contribution is 1.11. The summed E-state index contributed by atoms with van der Waals surface area (Å²) in [5.41, 5.74) is 7.63. The number of pyridine rings is 1. The highest BCUT2D eigenvalue weighted by Gasteiger charge is 2.02. The van der Waals surface area contributed by atoms with Gasteiger partial charge in [-0.15, -0.1) is 0 Å². The van der Waals surface area contributed by atoms with E-state index in [1.807, 2.05) is 20.8 Å². The molecular formula is C9H14N4. The predicted molar refractivity (Wildman–Crippen MR) is 54.4 cm³/mol. The Kier molecular flexibility index (Phi) is 2.84. The molecule has 2 aromatic rings. The molecule has 0 aliphatic heterocycles. The van der Waals surface area contributed by atoms with Gasteiger partial charge in [0.2, 0.25) is 0 Å². The lowest BCUT2D eigenvalue weighted by atomic mass is 10.2. The first kappa shape index (κ1) is 9.51. The summed E-state index contributed by atoms with van der Waals surface area (Å²) in [5.74, 6) is 0.527. The molecule has 0 unspecified atom stereocenters. The van der Waals surface area contributed by atoms with Gasteiger partial charge in [0.15, 0.2) is 0 Å². The third-order valence-corrected chi connectivity index (χ3v) is 1.71. The van der Waals surface area contributed by atoms with Crippen molar-refractivity contribution in [3.05, 3.63) is 18.0 Å². The van der Waals surface area contributed by atoms with E-state index in [1.165, 1.54) is 0 Å². The smallest absolute Gasteiger partial charge is 0.134 e. The number of nitrogens with two attached hydrogens (primary N) is 1. The molecule has 0 aromatic carbocycles. The maximum absolute atomic E-state index is 5.60. The van der Waals surface area contributed by atoms with Crippen molar-refractivity contribution >= 4 is 16.7 Å². The molecule has 0 bridgehead atoms. The number of fused-ring (bicyclic) bond motifs is 1. The number of hydrogen-bond donors (Lipinski definition) is 2. The van der Waals surface area contributed by atoms with Gasteiger partial charge in [-0.1, -0.05) is 13.8 Å². The van der Waals surface area contributed by atoms with Crippen LogP contribution in [0.2, 0.25) is 0 Å². The van der Waals surface area contributed by atoms with E-state index in [1.54, 1.807) is 12.4 Å². The van der Waals surface area contributed by atoms with Crippen molar-refractivity contribution in [2.24, 2.45) is 0 Å². The van der Waals surface area contributed by atoms with Gasteiger partial charge in [-0.05, 0) is 12.5 Å². The van der Waals surface area contributed by atoms with E-state index in [4.69, 9.17) is 5.73 Å². The van der Waals surface area contributed by atoms with E-state index < -0.39 is 0 Å². The largest absolute Gasteiger partial charge is 0.383 e. The molecule has 4 heteroatoms. The summed E-state index contributed by atoms with van der Waals surface area (Å²) in [7, 11) is 0. The van der Waals surface area contributed by atoms with E-state index in [0.717, 1.165) is 16.5 Å². The first-order chi connectivity index (χ1) is 6.29. The summed E-state index contributed by atoms with van der Waals surface area (Å²) in [6.45, 7) is 5.97. The number of aromatic nitrogens is 3. The minimum absolute atomic E-state index is 0.527. The van der Waals surface area contributed by atoms with Crippen LogP contribution in [0.4, 0.5) is 5.82 Å². The second-order valence-electron chi connectivity index (χ2n) is 2.49. The van der Waals surface area contributed by atoms with E-state index in [9.17, 15) is 0 Å². The van der Waals surface area contributed by atoms with Crippen LogP contribution in [0.1, 0.15) is 19.4 Å². The molecule has 2 aromatic heterocycles. The average molecular weight is 178 g/mol. The quantitative estimate of drug-likeness (QED) is 0.647. The molecule has 2 heterocycles. The molecular weight excluding hydrogens is 164 g/mol. The average Bonchev–Trinajstić information content (AvgIpc) is 2.64. The number of anilines is 1. The van der Waals surface area contributed by atoms with Gasteiger partial charge in [0, 0.05) is 6.20 Å². The fourth-order valence-corrected chi connectivity index (χ4v) is 1.08. The number of nitrogens with one attached hydrogen (secondary N) is 1. The van der Waals surface area contributed by atoms with Gasteiger partial charge < -0.3 is 5.73 Å². The van der Waals surface area contributed by atoms with Gasteiger partial charge in [0.1, 0.15) is 5.82 Å². The first-order valence-electron chi connectivity index (χ1n) is 4.33. The highest BCUT2D eigenvalue weighted by molar-refractivity contribution is 5.89. The number of hydrogen-bond acceptors (Lipinski definition) is 3. The number of nitrogens with zero attached hydrogens (tertiary/aromatic N) is 2. The molecule has 0 saturated heterocycles. The van der Waals surface area contributed by atoms with Crippen molar-refractivity contribution in [2.45, 2.75) is 20.8 Å². The molecule has 0 atom stereocenters. The summed E-state index contributed by atoms with van der Waals surface area (Å²) < 4.78 is 0. The van der Waals surface area contributed by atoms with E-state index in [2.05, 4.69) is 15.2 Å². The van der Waals surface area contributed by atoms with Crippen molar-refractivity contribution in [1.29, 1.82) is 0 Å². The zero-order valence-electron chi connectivity index (χ0n) is 8.13. The van der Waals surface area contributed by atoms with Crippen LogP contribution >= 0.6 is 0 Å². The molecule has 0 fully saturated rings. The van der Waals surface area contributed by atoms with Gasteiger partial charge in [-0.3, -0.25) is 5.10 Å². The zero-order valence-corrected chi connectivity index (χ0v) is 8.13. The van der Waals surface area contributed by atoms with Crippen LogP contribution in [-0.2, 0) is 0 Å². The highest BCUT2D eigenvalue weighted by atomic mass is 15.1.